The van der Waals surface area contributed by atoms with E-state index in [0.717, 1.165) is 5.56 Å². The zero-order chi connectivity index (χ0) is 24.5. The maximum absolute atomic E-state index is 12.7. The predicted molar refractivity (Wildman–Crippen MR) is 137 cm³/mol. The molecule has 8 nitrogen and oxygen atoms in total. The van der Waals surface area contributed by atoms with Crippen molar-refractivity contribution in [2.24, 2.45) is 0 Å². The van der Waals surface area contributed by atoms with Crippen LogP contribution >= 0.6 is 15.9 Å². The fraction of sp³-hybridized carbons (Fsp3) is 0.250. The van der Waals surface area contributed by atoms with Gasteiger partial charge in [0.1, 0.15) is 11.6 Å². The summed E-state index contributed by atoms with van der Waals surface area (Å²) in [7, 11) is -3.64. The third kappa shape index (κ3) is 5.08. The first-order valence-electron chi connectivity index (χ1n) is 10.7. The molecule has 2 aromatic heterocycles. The van der Waals surface area contributed by atoms with E-state index in [-0.39, 0.29) is 22.6 Å². The van der Waals surface area contributed by atoms with Crippen LogP contribution in [0.15, 0.2) is 70.2 Å². The molecule has 0 fully saturated rings. The molecule has 0 aliphatic rings. The molecule has 2 heterocycles. The topological polar surface area (TPSA) is 109 Å². The number of phenols is 1. The summed E-state index contributed by atoms with van der Waals surface area (Å²) in [6, 6.07) is 15.7. The van der Waals surface area contributed by atoms with E-state index in [0.29, 0.717) is 33.7 Å². The van der Waals surface area contributed by atoms with Crippen LogP contribution in [0.1, 0.15) is 26.3 Å². The van der Waals surface area contributed by atoms with E-state index in [1.807, 2.05) is 18.2 Å². The lowest BCUT2D eigenvalue weighted by Crippen LogP contribution is -2.29. The van der Waals surface area contributed by atoms with Crippen molar-refractivity contribution in [3.63, 3.8) is 0 Å². The second-order valence-electron chi connectivity index (χ2n) is 8.87. The lowest BCUT2D eigenvalue weighted by molar-refractivity contribution is 0.477. The summed E-state index contributed by atoms with van der Waals surface area (Å²) in [6.45, 7) is 6.73. The van der Waals surface area contributed by atoms with Gasteiger partial charge >= 0.3 is 0 Å². The van der Waals surface area contributed by atoms with Gasteiger partial charge in [-0.1, -0.05) is 45.0 Å². The molecule has 0 amide bonds. The highest BCUT2D eigenvalue weighted by molar-refractivity contribution is 9.10. The first-order valence-corrected chi connectivity index (χ1v) is 13.0. The summed E-state index contributed by atoms with van der Waals surface area (Å²) in [5.74, 6) is 0.730. The van der Waals surface area contributed by atoms with Crippen molar-refractivity contribution in [2.75, 3.05) is 18.4 Å². The smallest absolute Gasteiger partial charge is 0.240 e. The SMILES string of the molecule is CC(C)(C)c1ccc(S(=O)(=O)NCCNc2cc(-c3ccccc3O)nc3c(Br)cnn23)cc1. The van der Waals surface area contributed by atoms with Gasteiger partial charge in [-0.05, 0) is 51.2 Å². The Morgan fingerprint density at radius 2 is 1.76 bits per heavy atom. The van der Waals surface area contributed by atoms with Crippen molar-refractivity contribution in [3.05, 3.63) is 70.8 Å². The average molecular weight is 544 g/mol. The summed E-state index contributed by atoms with van der Waals surface area (Å²) < 4.78 is 30.3. The Morgan fingerprint density at radius 1 is 1.06 bits per heavy atom. The van der Waals surface area contributed by atoms with Crippen molar-refractivity contribution in [1.29, 1.82) is 0 Å². The molecule has 3 N–H and O–H groups in total. The number of halogens is 1. The van der Waals surface area contributed by atoms with Crippen LogP contribution in [-0.4, -0.2) is 41.2 Å². The Balaban J connectivity index is 1.49. The summed E-state index contributed by atoms with van der Waals surface area (Å²) in [5, 5.41) is 17.8. The molecule has 0 saturated carbocycles. The standard InChI is InChI=1S/C24H26BrN5O3S/c1-24(2,3)16-8-10-17(11-9-16)34(32,33)28-13-12-26-22-14-20(18-6-4-5-7-21(18)31)29-23-19(25)15-27-30(22)23/h4-11,14-15,26,28,31H,12-13H2,1-3H3. The highest BCUT2D eigenvalue weighted by Gasteiger charge is 2.18. The van der Waals surface area contributed by atoms with Crippen LogP contribution in [0.2, 0.25) is 0 Å². The first kappa shape index (κ1) is 24.2. The van der Waals surface area contributed by atoms with E-state index in [1.54, 1.807) is 47.1 Å². The number of hydrogen-bond donors (Lipinski definition) is 3. The van der Waals surface area contributed by atoms with Crippen LogP contribution < -0.4 is 10.0 Å². The molecule has 10 heteroatoms. The zero-order valence-corrected chi connectivity index (χ0v) is 21.5. The number of sulfonamides is 1. The van der Waals surface area contributed by atoms with Gasteiger partial charge in [-0.25, -0.2) is 18.1 Å². The van der Waals surface area contributed by atoms with Gasteiger partial charge in [0.05, 0.1) is 21.3 Å². The molecule has 0 saturated heterocycles. The van der Waals surface area contributed by atoms with Crippen molar-refractivity contribution < 1.29 is 13.5 Å². The number of benzene rings is 2. The van der Waals surface area contributed by atoms with E-state index in [4.69, 9.17) is 0 Å². The van der Waals surface area contributed by atoms with Crippen LogP contribution in [0, 0.1) is 0 Å². The summed E-state index contributed by atoms with van der Waals surface area (Å²) in [5.41, 5.74) is 2.74. The van der Waals surface area contributed by atoms with Gasteiger partial charge in [0.25, 0.3) is 0 Å². The van der Waals surface area contributed by atoms with Gasteiger partial charge in [-0.3, -0.25) is 0 Å². The first-order chi connectivity index (χ1) is 16.1. The Kier molecular flexibility index (Phi) is 6.66. The molecule has 0 atom stereocenters. The normalized spacial score (nSPS) is 12.2. The second kappa shape index (κ2) is 9.36. The predicted octanol–water partition coefficient (Wildman–Crippen LogP) is 4.55. The van der Waals surface area contributed by atoms with Crippen LogP contribution in [0.5, 0.6) is 5.75 Å². The van der Waals surface area contributed by atoms with Gasteiger partial charge in [-0.2, -0.15) is 9.61 Å². The minimum absolute atomic E-state index is 0.0492. The van der Waals surface area contributed by atoms with Gasteiger partial charge in [-0.15, -0.1) is 0 Å². The lowest BCUT2D eigenvalue weighted by atomic mass is 9.87. The highest BCUT2D eigenvalue weighted by atomic mass is 79.9. The fourth-order valence-corrected chi connectivity index (χ4v) is 4.86. The molecular formula is C24H26BrN5O3S. The Bertz CT molecular complexity index is 1430. The summed E-state index contributed by atoms with van der Waals surface area (Å²) in [4.78, 5) is 4.83. The molecule has 2 aromatic carbocycles. The molecule has 178 valence electrons. The van der Waals surface area contributed by atoms with Crippen LogP contribution in [-0.2, 0) is 15.4 Å². The highest BCUT2D eigenvalue weighted by Crippen LogP contribution is 2.31. The Labute approximate surface area is 207 Å². The molecule has 4 aromatic rings. The number of fused-ring (bicyclic) bond motifs is 1. The van der Waals surface area contributed by atoms with Crippen LogP contribution in [0.3, 0.4) is 0 Å². The zero-order valence-electron chi connectivity index (χ0n) is 19.1. The number of nitrogens with one attached hydrogen (secondary N) is 2. The molecule has 0 aliphatic carbocycles. The lowest BCUT2D eigenvalue weighted by Gasteiger charge is -2.19. The third-order valence-electron chi connectivity index (χ3n) is 5.36. The van der Waals surface area contributed by atoms with Crippen molar-refractivity contribution in [3.8, 4) is 17.0 Å². The van der Waals surface area contributed by atoms with Gasteiger partial charge < -0.3 is 10.4 Å². The summed E-state index contributed by atoms with van der Waals surface area (Å²) in [6.07, 6.45) is 1.63. The maximum Gasteiger partial charge on any atom is 0.240 e. The number of anilines is 1. The van der Waals surface area contributed by atoms with Crippen molar-refractivity contribution >= 4 is 37.4 Å². The van der Waals surface area contributed by atoms with Gasteiger partial charge in [0.2, 0.25) is 10.0 Å². The molecule has 0 unspecified atom stereocenters. The number of para-hydroxylation sites is 1. The molecule has 4 rings (SSSR count). The molecular weight excluding hydrogens is 518 g/mol. The monoisotopic (exact) mass is 543 g/mol. The van der Waals surface area contributed by atoms with Crippen LogP contribution in [0.25, 0.3) is 16.9 Å². The molecule has 0 bridgehead atoms. The molecule has 0 radical (unpaired) electrons. The Hall–Kier alpha value is -2.95. The minimum Gasteiger partial charge on any atom is -0.507 e. The van der Waals surface area contributed by atoms with Gasteiger partial charge in [0.15, 0.2) is 5.65 Å². The largest absolute Gasteiger partial charge is 0.507 e. The fourth-order valence-electron chi connectivity index (χ4n) is 3.48. The van der Waals surface area contributed by atoms with Gasteiger partial charge in [0, 0.05) is 24.7 Å². The van der Waals surface area contributed by atoms with E-state index in [2.05, 4.69) is 56.8 Å². The number of aromatic nitrogens is 3. The third-order valence-corrected chi connectivity index (χ3v) is 7.40. The number of rotatable bonds is 7. The number of nitrogens with zero attached hydrogens (tertiary/aromatic N) is 3. The number of hydrogen-bond acceptors (Lipinski definition) is 6. The molecule has 34 heavy (non-hydrogen) atoms. The van der Waals surface area contributed by atoms with E-state index < -0.39 is 10.0 Å². The van der Waals surface area contributed by atoms with E-state index >= 15 is 0 Å². The van der Waals surface area contributed by atoms with Crippen molar-refractivity contribution in [1.82, 2.24) is 19.3 Å². The molecule has 0 spiro atoms. The summed E-state index contributed by atoms with van der Waals surface area (Å²) >= 11 is 3.45. The molecule has 0 aliphatic heterocycles. The number of phenolic OH excluding ortho intramolecular Hbond substituents is 1. The second-order valence-corrected chi connectivity index (χ2v) is 11.5. The van der Waals surface area contributed by atoms with Crippen LogP contribution in [0.4, 0.5) is 5.82 Å². The average Bonchev–Trinajstić information content (AvgIpc) is 3.17. The van der Waals surface area contributed by atoms with Crippen molar-refractivity contribution in [2.45, 2.75) is 31.1 Å². The Morgan fingerprint density at radius 3 is 2.44 bits per heavy atom. The van der Waals surface area contributed by atoms with E-state index in [9.17, 15) is 13.5 Å². The quantitative estimate of drug-likeness (QED) is 0.295. The maximum atomic E-state index is 12.7. The minimum atomic E-state index is -3.64. The number of aromatic hydroxyl groups is 1. The van der Waals surface area contributed by atoms with E-state index in [1.165, 1.54) is 0 Å².